The molecule has 2 aromatic carbocycles. The van der Waals surface area contributed by atoms with Crippen molar-refractivity contribution in [2.75, 3.05) is 6.61 Å². The molecule has 0 aliphatic heterocycles. The summed E-state index contributed by atoms with van der Waals surface area (Å²) in [7, 11) is 0. The third-order valence-corrected chi connectivity index (χ3v) is 3.99. The lowest BCUT2D eigenvalue weighted by Crippen LogP contribution is -1.98. The molecule has 0 aromatic heterocycles. The normalized spacial score (nSPS) is 12.8. The highest BCUT2D eigenvalue weighted by molar-refractivity contribution is 5.83. The molecule has 0 aliphatic rings. The number of benzene rings is 2. The fraction of sp³-hybridized carbons (Fsp3) is 0.444. The predicted molar refractivity (Wildman–Crippen MR) is 81.0 cm³/mol. The van der Waals surface area contributed by atoms with Gasteiger partial charge in [-0.2, -0.15) is 0 Å². The van der Waals surface area contributed by atoms with Crippen LogP contribution in [0.4, 0.5) is 4.39 Å². The molecule has 1 radical (unpaired) electrons. The molecule has 0 amide bonds. The van der Waals surface area contributed by atoms with Gasteiger partial charge in [0.1, 0.15) is 5.82 Å². The Morgan fingerprint density at radius 3 is 2.50 bits per heavy atom. The molecule has 0 bridgehead atoms. The molecule has 0 spiro atoms. The summed E-state index contributed by atoms with van der Waals surface area (Å²) < 4.78 is 13.2. The van der Waals surface area contributed by atoms with Crippen molar-refractivity contribution in [3.05, 3.63) is 47.8 Å². The van der Waals surface area contributed by atoms with Crippen LogP contribution in [-0.2, 0) is 5.11 Å². The maximum absolute atomic E-state index is 13.2. The number of rotatable bonds is 7. The van der Waals surface area contributed by atoms with Gasteiger partial charge in [0.2, 0.25) is 0 Å². The summed E-state index contributed by atoms with van der Waals surface area (Å²) in [5.41, 5.74) is 1.33. The van der Waals surface area contributed by atoms with Crippen molar-refractivity contribution in [1.29, 1.82) is 0 Å². The van der Waals surface area contributed by atoms with Crippen molar-refractivity contribution in [2.45, 2.75) is 44.9 Å². The summed E-state index contributed by atoms with van der Waals surface area (Å²) in [6.45, 7) is 2.24. The monoisotopic (exact) mass is 273 g/mol. The summed E-state index contributed by atoms with van der Waals surface area (Å²) in [4.78, 5) is 0. The Morgan fingerprint density at radius 1 is 1.00 bits per heavy atom. The van der Waals surface area contributed by atoms with E-state index in [4.69, 9.17) is 0 Å². The molecule has 1 nitrogen and oxygen atoms in total. The fourth-order valence-corrected chi connectivity index (χ4v) is 2.77. The summed E-state index contributed by atoms with van der Waals surface area (Å²) in [5, 5.41) is 12.5. The Morgan fingerprint density at radius 2 is 1.75 bits per heavy atom. The molecule has 2 heteroatoms. The molecule has 1 atom stereocenters. The summed E-state index contributed by atoms with van der Waals surface area (Å²) in [6, 6.07) is 11.2. The standard InChI is InChI=1S/C18H22FO/c1-2-14(6-4-3-5-11-20)15-7-8-17-13-18(19)10-9-16(17)12-15/h7-10,12-14H,2-6,11H2,1H3. The van der Waals surface area contributed by atoms with Gasteiger partial charge in [-0.25, -0.2) is 9.50 Å². The molecule has 0 fully saturated rings. The van der Waals surface area contributed by atoms with Crippen LogP contribution in [0.3, 0.4) is 0 Å². The van der Waals surface area contributed by atoms with E-state index in [1.165, 1.54) is 11.6 Å². The van der Waals surface area contributed by atoms with Crippen molar-refractivity contribution in [3.8, 4) is 0 Å². The van der Waals surface area contributed by atoms with Crippen LogP contribution in [0.5, 0.6) is 0 Å². The van der Waals surface area contributed by atoms with Crippen LogP contribution in [0, 0.1) is 5.82 Å². The summed E-state index contributed by atoms with van der Waals surface area (Å²) in [5.74, 6) is 0.353. The molecule has 0 N–H and O–H groups in total. The third-order valence-electron chi connectivity index (χ3n) is 3.99. The van der Waals surface area contributed by atoms with Gasteiger partial charge in [-0.05, 0) is 53.6 Å². The van der Waals surface area contributed by atoms with Gasteiger partial charge in [-0.1, -0.05) is 44.0 Å². The average molecular weight is 273 g/mol. The smallest absolute Gasteiger partial charge is 0.123 e. The van der Waals surface area contributed by atoms with Gasteiger partial charge < -0.3 is 0 Å². The van der Waals surface area contributed by atoms with Gasteiger partial charge in [0.15, 0.2) is 0 Å². The highest BCUT2D eigenvalue weighted by Gasteiger charge is 2.10. The quantitative estimate of drug-likeness (QED) is 0.597. The maximum atomic E-state index is 13.2. The molecule has 0 saturated carbocycles. The minimum atomic E-state index is -0.185. The van der Waals surface area contributed by atoms with Crippen molar-refractivity contribution in [1.82, 2.24) is 0 Å². The number of halogens is 1. The summed E-state index contributed by atoms with van der Waals surface area (Å²) in [6.07, 6.45) is 5.15. The van der Waals surface area contributed by atoms with E-state index in [1.54, 1.807) is 6.07 Å². The number of unbranched alkanes of at least 4 members (excludes halogenated alkanes) is 2. The number of hydrogen-bond acceptors (Lipinski definition) is 0. The highest BCUT2D eigenvalue weighted by Crippen LogP contribution is 2.28. The third kappa shape index (κ3) is 3.80. The lowest BCUT2D eigenvalue weighted by atomic mass is 9.89. The van der Waals surface area contributed by atoms with E-state index in [1.807, 2.05) is 12.1 Å². The molecule has 2 aromatic rings. The predicted octanol–water partition coefficient (Wildman–Crippen LogP) is 5.46. The Hall–Kier alpha value is -1.41. The first-order chi connectivity index (χ1) is 9.74. The SMILES string of the molecule is CCC(CCCCC[O])c1ccc2cc(F)ccc2c1. The van der Waals surface area contributed by atoms with Crippen LogP contribution >= 0.6 is 0 Å². The molecular weight excluding hydrogens is 251 g/mol. The van der Waals surface area contributed by atoms with Crippen LogP contribution in [0.15, 0.2) is 36.4 Å². The zero-order valence-electron chi connectivity index (χ0n) is 12.1. The Labute approximate surface area is 120 Å². The Kier molecular flexibility index (Phi) is 5.54. The average Bonchev–Trinajstić information content (AvgIpc) is 2.47. The van der Waals surface area contributed by atoms with Crippen LogP contribution in [-0.4, -0.2) is 6.61 Å². The first kappa shape index (κ1) is 15.0. The van der Waals surface area contributed by atoms with E-state index in [-0.39, 0.29) is 12.4 Å². The number of fused-ring (bicyclic) bond motifs is 1. The molecule has 0 heterocycles. The zero-order valence-corrected chi connectivity index (χ0v) is 12.1. The number of hydrogen-bond donors (Lipinski definition) is 0. The van der Waals surface area contributed by atoms with Crippen LogP contribution in [0.25, 0.3) is 10.8 Å². The van der Waals surface area contributed by atoms with Crippen molar-refractivity contribution >= 4 is 10.8 Å². The highest BCUT2D eigenvalue weighted by atomic mass is 19.1. The van der Waals surface area contributed by atoms with Gasteiger partial charge in [-0.3, -0.25) is 0 Å². The van der Waals surface area contributed by atoms with Crippen molar-refractivity contribution in [3.63, 3.8) is 0 Å². The van der Waals surface area contributed by atoms with Gasteiger partial charge >= 0.3 is 0 Å². The van der Waals surface area contributed by atoms with Crippen LogP contribution in [0.1, 0.15) is 50.5 Å². The second-order valence-corrected chi connectivity index (χ2v) is 5.41. The lowest BCUT2D eigenvalue weighted by molar-refractivity contribution is 0.185. The maximum Gasteiger partial charge on any atom is 0.123 e. The first-order valence-electron chi connectivity index (χ1n) is 7.52. The molecular formula is C18H22FO. The minimum Gasteiger partial charge on any atom is -0.237 e. The van der Waals surface area contributed by atoms with Gasteiger partial charge in [0.25, 0.3) is 0 Å². The molecule has 20 heavy (non-hydrogen) atoms. The van der Waals surface area contributed by atoms with Gasteiger partial charge in [0.05, 0.1) is 6.61 Å². The van der Waals surface area contributed by atoms with Crippen molar-refractivity contribution < 1.29 is 9.50 Å². The van der Waals surface area contributed by atoms with E-state index in [0.717, 1.165) is 42.9 Å². The topological polar surface area (TPSA) is 19.9 Å². The van der Waals surface area contributed by atoms with E-state index < -0.39 is 0 Å². The van der Waals surface area contributed by atoms with E-state index >= 15 is 0 Å². The van der Waals surface area contributed by atoms with E-state index in [0.29, 0.717) is 5.92 Å². The van der Waals surface area contributed by atoms with E-state index in [9.17, 15) is 9.50 Å². The van der Waals surface area contributed by atoms with Crippen LogP contribution in [0.2, 0.25) is 0 Å². The second-order valence-electron chi connectivity index (χ2n) is 5.41. The molecule has 0 saturated heterocycles. The molecule has 0 aliphatic carbocycles. The van der Waals surface area contributed by atoms with Gasteiger partial charge in [-0.15, -0.1) is 0 Å². The fourth-order valence-electron chi connectivity index (χ4n) is 2.77. The van der Waals surface area contributed by atoms with E-state index in [2.05, 4.69) is 19.1 Å². The van der Waals surface area contributed by atoms with Gasteiger partial charge in [0, 0.05) is 0 Å². The molecule has 2 rings (SSSR count). The van der Waals surface area contributed by atoms with Crippen LogP contribution < -0.4 is 0 Å². The minimum absolute atomic E-state index is 0.0400. The molecule has 1 unspecified atom stereocenters. The zero-order chi connectivity index (χ0) is 14.4. The Balaban J connectivity index is 2.11. The largest absolute Gasteiger partial charge is 0.237 e. The first-order valence-corrected chi connectivity index (χ1v) is 7.52. The Bertz CT molecular complexity index is 550. The second kappa shape index (κ2) is 7.39. The lowest BCUT2D eigenvalue weighted by Gasteiger charge is -2.16. The molecule has 107 valence electrons. The van der Waals surface area contributed by atoms with Crippen molar-refractivity contribution in [2.24, 2.45) is 0 Å². The summed E-state index contributed by atoms with van der Waals surface area (Å²) >= 11 is 0.